The summed E-state index contributed by atoms with van der Waals surface area (Å²) in [5.74, 6) is 7.09. The fourth-order valence-corrected chi connectivity index (χ4v) is 5.91. The summed E-state index contributed by atoms with van der Waals surface area (Å²) >= 11 is 0. The fourth-order valence-electron chi connectivity index (χ4n) is 5.91. The van der Waals surface area contributed by atoms with Crippen molar-refractivity contribution in [3.63, 3.8) is 0 Å². The molecular formula is C28H31FN4O. The van der Waals surface area contributed by atoms with Crippen molar-refractivity contribution in [2.75, 3.05) is 31.1 Å². The van der Waals surface area contributed by atoms with E-state index in [-0.39, 0.29) is 17.9 Å². The lowest BCUT2D eigenvalue weighted by molar-refractivity contribution is 0.142. The van der Waals surface area contributed by atoms with Gasteiger partial charge in [0.15, 0.2) is 0 Å². The van der Waals surface area contributed by atoms with Crippen LogP contribution in [0.2, 0.25) is 0 Å². The third-order valence-corrected chi connectivity index (χ3v) is 7.59. The van der Waals surface area contributed by atoms with Crippen LogP contribution in [0, 0.1) is 17.7 Å². The predicted molar refractivity (Wildman–Crippen MR) is 134 cm³/mol. The van der Waals surface area contributed by atoms with Crippen molar-refractivity contribution in [1.82, 2.24) is 9.80 Å². The van der Waals surface area contributed by atoms with Gasteiger partial charge in [0.1, 0.15) is 17.2 Å². The second-order valence-electron chi connectivity index (χ2n) is 9.61. The van der Waals surface area contributed by atoms with Crippen molar-refractivity contribution >= 4 is 17.6 Å². The highest BCUT2D eigenvalue weighted by molar-refractivity contribution is 6.16. The van der Waals surface area contributed by atoms with Crippen molar-refractivity contribution in [3.05, 3.63) is 66.0 Å². The second kappa shape index (κ2) is 9.23. The Morgan fingerprint density at radius 2 is 1.97 bits per heavy atom. The zero-order valence-corrected chi connectivity index (χ0v) is 19.9. The molecule has 1 unspecified atom stereocenters. The highest BCUT2D eigenvalue weighted by Gasteiger charge is 2.55. The van der Waals surface area contributed by atoms with E-state index in [4.69, 9.17) is 0 Å². The second-order valence-corrected chi connectivity index (χ2v) is 9.61. The highest BCUT2D eigenvalue weighted by Crippen LogP contribution is 2.43. The van der Waals surface area contributed by atoms with E-state index in [1.165, 1.54) is 17.7 Å². The highest BCUT2D eigenvalue weighted by atomic mass is 19.1. The van der Waals surface area contributed by atoms with Gasteiger partial charge in [-0.05, 0) is 56.9 Å². The Morgan fingerprint density at radius 1 is 1.15 bits per heavy atom. The minimum absolute atomic E-state index is 0.217. The average Bonchev–Trinajstić information content (AvgIpc) is 3.42. The Labute approximate surface area is 201 Å². The Balaban J connectivity index is 1.49. The molecule has 2 saturated heterocycles. The molecule has 2 aromatic rings. The smallest absolute Gasteiger partial charge is 0.350 e. The predicted octanol–water partition coefficient (Wildman–Crippen LogP) is 4.90. The number of urea groups is 1. The molecule has 5 rings (SSSR count). The molecule has 6 heteroatoms. The summed E-state index contributed by atoms with van der Waals surface area (Å²) in [5.41, 5.74) is 1.33. The molecule has 0 bridgehead atoms. The molecule has 2 fully saturated rings. The van der Waals surface area contributed by atoms with Crippen LogP contribution in [0.3, 0.4) is 0 Å². The molecule has 1 spiro atoms. The minimum Gasteiger partial charge on any atom is -0.357 e. The number of hydrogen-bond acceptors (Lipinski definition) is 3. The van der Waals surface area contributed by atoms with Gasteiger partial charge in [-0.2, -0.15) is 4.99 Å². The number of hydrogen-bond donors (Lipinski definition) is 0. The average molecular weight is 459 g/mol. The molecule has 2 amide bonds. The van der Waals surface area contributed by atoms with E-state index in [1.54, 1.807) is 11.0 Å². The maximum absolute atomic E-state index is 14.2. The van der Waals surface area contributed by atoms with E-state index in [9.17, 15) is 9.18 Å². The van der Waals surface area contributed by atoms with Gasteiger partial charge in [0.25, 0.3) is 0 Å². The van der Waals surface area contributed by atoms with Crippen molar-refractivity contribution in [1.29, 1.82) is 0 Å². The number of benzene rings is 2. The third kappa shape index (κ3) is 3.99. The van der Waals surface area contributed by atoms with Gasteiger partial charge in [-0.15, -0.1) is 5.92 Å². The lowest BCUT2D eigenvalue weighted by Crippen LogP contribution is -2.63. The van der Waals surface area contributed by atoms with E-state index < -0.39 is 5.54 Å². The molecule has 0 aliphatic carbocycles. The molecule has 0 N–H and O–H groups in total. The van der Waals surface area contributed by atoms with Crippen LogP contribution in [0.4, 0.5) is 14.9 Å². The molecule has 0 radical (unpaired) electrons. The number of carbonyl (C=O) groups excluding carboxylic acids is 1. The van der Waals surface area contributed by atoms with Gasteiger partial charge in [0.05, 0.1) is 6.54 Å². The van der Waals surface area contributed by atoms with Gasteiger partial charge in [-0.1, -0.05) is 42.3 Å². The van der Waals surface area contributed by atoms with Crippen molar-refractivity contribution in [2.24, 2.45) is 4.99 Å². The summed E-state index contributed by atoms with van der Waals surface area (Å²) in [6, 6.07) is 16.8. The van der Waals surface area contributed by atoms with Gasteiger partial charge >= 0.3 is 6.03 Å². The maximum Gasteiger partial charge on any atom is 0.350 e. The van der Waals surface area contributed by atoms with Gasteiger partial charge in [-0.3, -0.25) is 9.80 Å². The summed E-state index contributed by atoms with van der Waals surface area (Å²) in [6.45, 7) is 7.29. The van der Waals surface area contributed by atoms with Gasteiger partial charge in [-0.25, -0.2) is 9.18 Å². The Morgan fingerprint density at radius 3 is 2.71 bits per heavy atom. The zero-order valence-electron chi connectivity index (χ0n) is 19.9. The van der Waals surface area contributed by atoms with Gasteiger partial charge < -0.3 is 4.90 Å². The van der Waals surface area contributed by atoms with Crippen LogP contribution in [0.25, 0.3) is 0 Å². The molecule has 3 aliphatic heterocycles. The number of aliphatic imine (C=N–C) groups is 1. The van der Waals surface area contributed by atoms with Crippen LogP contribution in [0.5, 0.6) is 0 Å². The monoisotopic (exact) mass is 458 g/mol. The maximum atomic E-state index is 14.2. The molecular weight excluding hydrogens is 427 g/mol. The third-order valence-electron chi connectivity index (χ3n) is 7.59. The summed E-state index contributed by atoms with van der Waals surface area (Å²) in [5, 5.41) is 0. The number of rotatable bonds is 3. The van der Waals surface area contributed by atoms with Crippen LogP contribution >= 0.6 is 0 Å². The topological polar surface area (TPSA) is 39.1 Å². The number of anilines is 1. The van der Waals surface area contributed by atoms with Crippen LogP contribution in [0.15, 0.2) is 59.6 Å². The molecule has 176 valence electrons. The van der Waals surface area contributed by atoms with Gasteiger partial charge in [0.2, 0.25) is 0 Å². The first-order valence-corrected chi connectivity index (χ1v) is 12.1. The molecule has 2 aromatic carbocycles. The molecule has 3 heterocycles. The van der Waals surface area contributed by atoms with E-state index in [0.29, 0.717) is 18.2 Å². The first kappa shape index (κ1) is 22.6. The van der Waals surface area contributed by atoms with Crippen molar-refractivity contribution in [3.8, 4) is 11.8 Å². The van der Waals surface area contributed by atoms with Gasteiger partial charge in [0, 0.05) is 37.3 Å². The number of carbonyl (C=O) groups is 1. The van der Waals surface area contributed by atoms with Crippen LogP contribution in [0.1, 0.15) is 44.6 Å². The first-order chi connectivity index (χ1) is 16.5. The Bertz CT molecular complexity index is 1150. The normalized spacial score (nSPS) is 27.1. The Hall–Kier alpha value is -3.17. The summed E-state index contributed by atoms with van der Waals surface area (Å²) < 4.78 is 14.2. The van der Waals surface area contributed by atoms with Crippen molar-refractivity contribution in [2.45, 2.75) is 50.6 Å². The van der Waals surface area contributed by atoms with E-state index in [1.807, 2.05) is 19.1 Å². The summed E-state index contributed by atoms with van der Waals surface area (Å²) in [6.07, 6.45) is 2.52. The summed E-state index contributed by atoms with van der Waals surface area (Å²) in [7, 11) is 0. The number of amidine groups is 1. The lowest BCUT2D eigenvalue weighted by Gasteiger charge is -2.49. The number of piperidine rings is 1. The Kier molecular flexibility index (Phi) is 6.14. The fraction of sp³-hybridized carbons (Fsp3) is 0.429. The van der Waals surface area contributed by atoms with Crippen molar-refractivity contribution < 1.29 is 9.18 Å². The first-order valence-electron chi connectivity index (χ1n) is 12.1. The molecule has 3 aliphatic rings. The lowest BCUT2D eigenvalue weighted by atomic mass is 9.80. The largest absolute Gasteiger partial charge is 0.357 e. The zero-order chi connectivity index (χ0) is 23.7. The molecule has 34 heavy (non-hydrogen) atoms. The number of halogens is 1. The van der Waals surface area contributed by atoms with E-state index in [0.717, 1.165) is 44.7 Å². The number of amides is 2. The van der Waals surface area contributed by atoms with E-state index in [2.05, 4.69) is 57.8 Å². The molecule has 5 nitrogen and oxygen atoms in total. The number of likely N-dealkylation sites (tertiary alicyclic amines) is 2. The summed E-state index contributed by atoms with van der Waals surface area (Å²) in [4.78, 5) is 24.5. The number of nitrogens with zero attached hydrogens (tertiary/aromatic N) is 4. The minimum atomic E-state index is -0.577. The van der Waals surface area contributed by atoms with Crippen LogP contribution in [-0.4, -0.2) is 59.4 Å². The van der Waals surface area contributed by atoms with E-state index >= 15 is 0 Å². The quantitative estimate of drug-likeness (QED) is 0.614. The molecule has 0 saturated carbocycles. The molecule has 3 atom stereocenters. The van der Waals surface area contributed by atoms with Crippen LogP contribution in [-0.2, 0) is 0 Å². The SMILES string of the molecule is CC#CCN1CC[C@@]2(C[C@@H]1C)C(N1CCC(c3ccccc3)C1)=NC(=O)N2c1cccc(F)c1. The molecule has 0 aromatic heterocycles. The van der Waals surface area contributed by atoms with Crippen LogP contribution < -0.4 is 4.90 Å². The standard InChI is InChI=1S/C28H31FN4O/c1-3-4-15-31-17-14-28(19-21(31)2)26(30-27(34)33(28)25-12-8-11-24(29)18-25)32-16-13-23(20-32)22-9-6-5-7-10-22/h5-12,18,21,23H,13-17,19-20H2,1-2H3/t21-,23?,28+/m0/s1.